The molecule has 0 radical (unpaired) electrons. The fraction of sp³-hybridized carbons (Fsp3) is 0.917. The summed E-state index contributed by atoms with van der Waals surface area (Å²) in [5.41, 5.74) is 0. The monoisotopic (exact) mass is 306 g/mol. The second kappa shape index (κ2) is 6.38. The molecule has 0 aromatic heterocycles. The van der Waals surface area contributed by atoms with Crippen molar-refractivity contribution in [3.05, 3.63) is 0 Å². The maximum absolute atomic E-state index is 12.6. The summed E-state index contributed by atoms with van der Waals surface area (Å²) >= 11 is 0. The number of hydrogen-bond acceptors (Lipinski definition) is 5. The highest BCUT2D eigenvalue weighted by Gasteiger charge is 2.43. The Labute approximate surface area is 119 Å². The van der Waals surface area contributed by atoms with Gasteiger partial charge in [-0.15, -0.1) is 0 Å². The van der Waals surface area contributed by atoms with Gasteiger partial charge in [0.25, 0.3) is 10.2 Å². The van der Waals surface area contributed by atoms with Crippen LogP contribution in [-0.4, -0.2) is 66.5 Å². The molecule has 2 rings (SSSR count). The number of hydrogen-bond donors (Lipinski definition) is 1. The standard InChI is InChI=1S/C12H22N2O5S/c1-2-19-12(16)11-6-4-8-14(11)20(17,18)13-7-3-5-10(15)9-13/h10-11,15H,2-9H2,1H3/t10-,11?/m0/s1. The number of carbonyl (C=O) groups excluding carboxylic acids is 1. The highest BCUT2D eigenvalue weighted by molar-refractivity contribution is 7.86. The number of aliphatic hydroxyl groups excluding tert-OH is 1. The Balaban J connectivity index is 2.13. The lowest BCUT2D eigenvalue weighted by Crippen LogP contribution is -2.52. The summed E-state index contributed by atoms with van der Waals surface area (Å²) in [6.07, 6.45) is 1.78. The predicted molar refractivity (Wildman–Crippen MR) is 72.1 cm³/mol. The molecule has 0 saturated carbocycles. The molecule has 2 saturated heterocycles. The number of β-amino-alcohol motifs (C(OH)–C–C–N with tert-alkyl or cyclic N) is 1. The van der Waals surface area contributed by atoms with E-state index in [1.165, 1.54) is 8.61 Å². The topological polar surface area (TPSA) is 87.2 Å². The second-order valence-corrected chi connectivity index (χ2v) is 7.06. The lowest BCUT2D eigenvalue weighted by atomic mass is 10.1. The summed E-state index contributed by atoms with van der Waals surface area (Å²) < 4.78 is 32.6. The lowest BCUT2D eigenvalue weighted by molar-refractivity contribution is -0.146. The Kier molecular flexibility index (Phi) is 5.00. The first kappa shape index (κ1) is 15.7. The van der Waals surface area contributed by atoms with E-state index in [0.29, 0.717) is 38.8 Å². The summed E-state index contributed by atoms with van der Waals surface area (Å²) in [4.78, 5) is 11.9. The Morgan fingerprint density at radius 2 is 2.00 bits per heavy atom. The Bertz CT molecular complexity index is 453. The van der Waals surface area contributed by atoms with Gasteiger partial charge in [0.15, 0.2) is 0 Å². The third-order valence-corrected chi connectivity index (χ3v) is 5.76. The molecule has 7 nitrogen and oxygen atoms in total. The minimum Gasteiger partial charge on any atom is -0.465 e. The van der Waals surface area contributed by atoms with Crippen molar-refractivity contribution in [2.45, 2.75) is 44.8 Å². The fourth-order valence-electron chi connectivity index (χ4n) is 2.77. The average molecular weight is 306 g/mol. The van der Waals surface area contributed by atoms with Crippen LogP contribution in [0.25, 0.3) is 0 Å². The smallest absolute Gasteiger partial charge is 0.324 e. The summed E-state index contributed by atoms with van der Waals surface area (Å²) in [7, 11) is -3.70. The van der Waals surface area contributed by atoms with E-state index < -0.39 is 28.3 Å². The molecule has 0 amide bonds. The van der Waals surface area contributed by atoms with E-state index in [4.69, 9.17) is 4.74 Å². The van der Waals surface area contributed by atoms with E-state index in [-0.39, 0.29) is 13.2 Å². The van der Waals surface area contributed by atoms with Crippen molar-refractivity contribution in [2.24, 2.45) is 0 Å². The molecular formula is C12H22N2O5S. The second-order valence-electron chi connectivity index (χ2n) is 5.18. The predicted octanol–water partition coefficient (Wildman–Crippen LogP) is -0.285. The molecule has 2 aliphatic rings. The van der Waals surface area contributed by atoms with Crippen LogP contribution in [0.3, 0.4) is 0 Å². The number of ether oxygens (including phenoxy) is 1. The van der Waals surface area contributed by atoms with Crippen LogP contribution in [0.5, 0.6) is 0 Å². The third-order valence-electron chi connectivity index (χ3n) is 3.74. The van der Waals surface area contributed by atoms with Gasteiger partial charge in [0.05, 0.1) is 12.7 Å². The number of carbonyl (C=O) groups is 1. The highest BCUT2D eigenvalue weighted by Crippen LogP contribution is 2.26. The van der Waals surface area contributed by atoms with Crippen LogP contribution in [0.4, 0.5) is 0 Å². The first-order valence-electron chi connectivity index (χ1n) is 7.08. The molecule has 116 valence electrons. The summed E-state index contributed by atoms with van der Waals surface area (Å²) in [5, 5.41) is 9.63. The molecule has 2 aliphatic heterocycles. The van der Waals surface area contributed by atoms with E-state index >= 15 is 0 Å². The van der Waals surface area contributed by atoms with Crippen LogP contribution in [0.2, 0.25) is 0 Å². The van der Waals surface area contributed by atoms with Gasteiger partial charge in [-0.1, -0.05) is 0 Å². The summed E-state index contributed by atoms with van der Waals surface area (Å²) in [6, 6.07) is -0.723. The van der Waals surface area contributed by atoms with Crippen LogP contribution in [0, 0.1) is 0 Å². The van der Waals surface area contributed by atoms with Crippen molar-refractivity contribution >= 4 is 16.2 Å². The molecule has 20 heavy (non-hydrogen) atoms. The van der Waals surface area contributed by atoms with Crippen molar-refractivity contribution in [1.82, 2.24) is 8.61 Å². The molecule has 0 aromatic carbocycles. The van der Waals surface area contributed by atoms with Crippen LogP contribution in [-0.2, 0) is 19.7 Å². The number of rotatable bonds is 4. The first-order valence-corrected chi connectivity index (χ1v) is 8.48. The van der Waals surface area contributed by atoms with Crippen LogP contribution < -0.4 is 0 Å². The molecule has 2 heterocycles. The maximum Gasteiger partial charge on any atom is 0.324 e. The SMILES string of the molecule is CCOC(=O)C1CCCN1S(=O)(=O)N1CCC[C@H](O)C1. The molecule has 0 bridgehead atoms. The fourth-order valence-corrected chi connectivity index (χ4v) is 4.66. The van der Waals surface area contributed by atoms with Gasteiger partial charge in [-0.3, -0.25) is 4.79 Å². The maximum atomic E-state index is 12.6. The zero-order valence-corrected chi connectivity index (χ0v) is 12.5. The molecule has 0 spiro atoms. The van der Waals surface area contributed by atoms with Gasteiger partial charge in [0, 0.05) is 19.6 Å². The van der Waals surface area contributed by atoms with Gasteiger partial charge in [0.2, 0.25) is 0 Å². The van der Waals surface area contributed by atoms with E-state index in [1.54, 1.807) is 6.92 Å². The molecule has 0 aromatic rings. The Morgan fingerprint density at radius 1 is 1.30 bits per heavy atom. The molecule has 1 unspecified atom stereocenters. The quantitative estimate of drug-likeness (QED) is 0.722. The molecule has 2 atom stereocenters. The van der Waals surface area contributed by atoms with Crippen molar-refractivity contribution < 1.29 is 23.1 Å². The Morgan fingerprint density at radius 3 is 2.65 bits per heavy atom. The van der Waals surface area contributed by atoms with E-state index in [0.717, 1.165) is 0 Å². The van der Waals surface area contributed by atoms with E-state index in [2.05, 4.69) is 0 Å². The highest BCUT2D eigenvalue weighted by atomic mass is 32.2. The number of esters is 1. The van der Waals surface area contributed by atoms with E-state index in [1.807, 2.05) is 0 Å². The minimum atomic E-state index is -3.70. The molecular weight excluding hydrogens is 284 g/mol. The van der Waals surface area contributed by atoms with Gasteiger partial charge in [0.1, 0.15) is 6.04 Å². The normalized spacial score (nSPS) is 29.5. The summed E-state index contributed by atoms with van der Waals surface area (Å²) in [5.74, 6) is -0.480. The van der Waals surface area contributed by atoms with Gasteiger partial charge < -0.3 is 9.84 Å². The van der Waals surface area contributed by atoms with Gasteiger partial charge in [-0.2, -0.15) is 17.0 Å². The van der Waals surface area contributed by atoms with Gasteiger partial charge in [-0.05, 0) is 32.6 Å². The van der Waals surface area contributed by atoms with E-state index in [9.17, 15) is 18.3 Å². The van der Waals surface area contributed by atoms with Gasteiger partial charge >= 0.3 is 5.97 Å². The van der Waals surface area contributed by atoms with Crippen molar-refractivity contribution in [1.29, 1.82) is 0 Å². The molecule has 8 heteroatoms. The number of piperidine rings is 1. The minimum absolute atomic E-state index is 0.106. The summed E-state index contributed by atoms with van der Waals surface area (Å²) in [6.45, 7) is 2.77. The molecule has 2 fully saturated rings. The zero-order valence-electron chi connectivity index (χ0n) is 11.7. The molecule has 0 aliphatic carbocycles. The molecule has 1 N–H and O–H groups in total. The largest absolute Gasteiger partial charge is 0.465 e. The zero-order chi connectivity index (χ0) is 14.8. The van der Waals surface area contributed by atoms with Crippen LogP contribution in [0.15, 0.2) is 0 Å². The average Bonchev–Trinajstić information content (AvgIpc) is 2.89. The van der Waals surface area contributed by atoms with Crippen molar-refractivity contribution in [2.75, 3.05) is 26.2 Å². The number of nitrogens with zero attached hydrogens (tertiary/aromatic N) is 2. The van der Waals surface area contributed by atoms with Gasteiger partial charge in [-0.25, -0.2) is 0 Å². The first-order chi connectivity index (χ1) is 9.46. The number of aliphatic hydroxyl groups is 1. The van der Waals surface area contributed by atoms with Crippen LogP contribution >= 0.6 is 0 Å². The van der Waals surface area contributed by atoms with Crippen molar-refractivity contribution in [3.63, 3.8) is 0 Å². The van der Waals surface area contributed by atoms with Crippen molar-refractivity contribution in [3.8, 4) is 0 Å². The lowest BCUT2D eigenvalue weighted by Gasteiger charge is -2.34. The van der Waals surface area contributed by atoms with Crippen LogP contribution in [0.1, 0.15) is 32.6 Å². The Hall–Kier alpha value is -0.700. The third kappa shape index (κ3) is 3.13.